The van der Waals surface area contributed by atoms with E-state index in [-0.39, 0.29) is 5.91 Å². The van der Waals surface area contributed by atoms with E-state index < -0.39 is 0 Å². The smallest absolute Gasteiger partial charge is 0.255 e. The molecule has 3 rings (SSSR count). The molecule has 1 N–H and O–H groups in total. The first-order valence-corrected chi connectivity index (χ1v) is 9.15. The molecule has 1 aliphatic rings. The number of para-hydroxylation sites is 1. The van der Waals surface area contributed by atoms with Crippen molar-refractivity contribution in [3.05, 3.63) is 53.9 Å². The van der Waals surface area contributed by atoms with Crippen molar-refractivity contribution >= 4 is 17.3 Å². The summed E-state index contributed by atoms with van der Waals surface area (Å²) in [5.74, 6) is 1.08. The van der Waals surface area contributed by atoms with Crippen molar-refractivity contribution in [2.24, 2.45) is 5.92 Å². The van der Waals surface area contributed by atoms with E-state index >= 15 is 0 Å². The summed E-state index contributed by atoms with van der Waals surface area (Å²) < 4.78 is 0. The van der Waals surface area contributed by atoms with Crippen molar-refractivity contribution < 1.29 is 4.79 Å². The third-order valence-corrected chi connectivity index (χ3v) is 4.79. The summed E-state index contributed by atoms with van der Waals surface area (Å²) in [4.78, 5) is 19.0. The number of anilines is 2. The summed E-state index contributed by atoms with van der Waals surface area (Å²) >= 11 is 0. The molecule has 1 aromatic heterocycles. The van der Waals surface area contributed by atoms with Gasteiger partial charge in [0.15, 0.2) is 0 Å². The maximum absolute atomic E-state index is 12.8. The third kappa shape index (κ3) is 4.19. The van der Waals surface area contributed by atoms with Gasteiger partial charge in [0.2, 0.25) is 0 Å². The van der Waals surface area contributed by atoms with Gasteiger partial charge in [0.1, 0.15) is 0 Å². The van der Waals surface area contributed by atoms with E-state index in [2.05, 4.69) is 49.3 Å². The lowest BCUT2D eigenvalue weighted by Gasteiger charge is -2.31. The number of nitrogens with zero attached hydrogens (tertiary/aromatic N) is 2. The highest BCUT2D eigenvalue weighted by atomic mass is 16.2. The van der Waals surface area contributed by atoms with Crippen molar-refractivity contribution in [3.63, 3.8) is 0 Å². The van der Waals surface area contributed by atoms with Crippen molar-refractivity contribution in [1.29, 1.82) is 0 Å². The van der Waals surface area contributed by atoms with Crippen molar-refractivity contribution in [2.45, 2.75) is 39.5 Å². The van der Waals surface area contributed by atoms with Gasteiger partial charge in [-0.2, -0.15) is 0 Å². The van der Waals surface area contributed by atoms with Crippen LogP contribution in [0.2, 0.25) is 0 Å². The molecule has 0 aliphatic carbocycles. The first kappa shape index (κ1) is 17.5. The molecule has 1 fully saturated rings. The number of benzene rings is 1. The molecule has 1 amide bonds. The number of hydrogen-bond donors (Lipinski definition) is 1. The first-order valence-electron chi connectivity index (χ1n) is 9.15. The molecule has 1 atom stereocenters. The molecule has 0 bridgehead atoms. The number of carbonyl (C=O) groups excluding carboxylic acids is 1. The monoisotopic (exact) mass is 337 g/mol. The van der Waals surface area contributed by atoms with Crippen molar-refractivity contribution in [2.75, 3.05) is 18.4 Å². The average Bonchev–Trinajstić information content (AvgIpc) is 2.61. The highest BCUT2D eigenvalue weighted by Gasteiger charge is 2.22. The van der Waals surface area contributed by atoms with E-state index in [4.69, 9.17) is 0 Å². The van der Waals surface area contributed by atoms with Crippen LogP contribution in [0.1, 0.15) is 55.5 Å². The predicted molar refractivity (Wildman–Crippen MR) is 102 cm³/mol. The molecule has 0 saturated carbocycles. The van der Waals surface area contributed by atoms with Crippen LogP contribution < -0.4 is 5.32 Å². The molecule has 1 aromatic carbocycles. The molecule has 0 spiro atoms. The second-order valence-corrected chi connectivity index (χ2v) is 7.33. The fourth-order valence-corrected chi connectivity index (χ4v) is 3.45. The highest BCUT2D eigenvalue weighted by molar-refractivity contribution is 5.95. The summed E-state index contributed by atoms with van der Waals surface area (Å²) in [6.07, 6.45) is 5.73. The lowest BCUT2D eigenvalue weighted by atomic mass is 9.99. The van der Waals surface area contributed by atoms with Crippen LogP contribution in [0.15, 0.2) is 42.7 Å². The fraction of sp³-hybridized carbons (Fsp3) is 0.429. The van der Waals surface area contributed by atoms with Gasteiger partial charge in [-0.05, 0) is 42.4 Å². The lowest BCUT2D eigenvalue weighted by Crippen LogP contribution is -2.39. The molecule has 4 nitrogen and oxygen atoms in total. The zero-order valence-corrected chi connectivity index (χ0v) is 15.3. The third-order valence-electron chi connectivity index (χ3n) is 4.79. The van der Waals surface area contributed by atoms with Crippen LogP contribution in [0.5, 0.6) is 0 Å². The largest absolute Gasteiger partial charge is 0.354 e. The zero-order valence-electron chi connectivity index (χ0n) is 15.3. The molecular weight excluding hydrogens is 310 g/mol. The molecule has 2 aromatic rings. The van der Waals surface area contributed by atoms with Gasteiger partial charge in [0.25, 0.3) is 5.91 Å². The minimum atomic E-state index is 0.0832. The number of piperidine rings is 1. The Labute approximate surface area is 150 Å². The summed E-state index contributed by atoms with van der Waals surface area (Å²) in [6, 6.07) is 10.2. The number of nitrogens with one attached hydrogen (secondary N) is 1. The van der Waals surface area contributed by atoms with Gasteiger partial charge < -0.3 is 10.2 Å². The minimum absolute atomic E-state index is 0.0832. The van der Waals surface area contributed by atoms with E-state index in [1.807, 2.05) is 17.0 Å². The molecule has 1 aliphatic heterocycles. The molecule has 25 heavy (non-hydrogen) atoms. The van der Waals surface area contributed by atoms with Crippen LogP contribution in [0, 0.1) is 5.92 Å². The Kier molecular flexibility index (Phi) is 5.37. The minimum Gasteiger partial charge on any atom is -0.354 e. The zero-order chi connectivity index (χ0) is 17.8. The van der Waals surface area contributed by atoms with Crippen LogP contribution in [-0.2, 0) is 0 Å². The van der Waals surface area contributed by atoms with Gasteiger partial charge in [0.05, 0.1) is 17.4 Å². The molecule has 1 unspecified atom stereocenters. The standard InChI is InChI=1S/C21H27N3O/c1-15(2)19-8-4-5-9-20(19)23-18-11-17(12-22-13-18)21(25)24-10-6-7-16(3)14-24/h4-5,8-9,11-13,15-16,23H,6-7,10,14H2,1-3H3. The quantitative estimate of drug-likeness (QED) is 0.870. The Hall–Kier alpha value is -2.36. The Balaban J connectivity index is 1.79. The second-order valence-electron chi connectivity index (χ2n) is 7.33. The van der Waals surface area contributed by atoms with Crippen LogP contribution in [0.3, 0.4) is 0 Å². The van der Waals surface area contributed by atoms with E-state index in [0.29, 0.717) is 17.4 Å². The van der Waals surface area contributed by atoms with Gasteiger partial charge in [-0.1, -0.05) is 39.0 Å². The Bertz CT molecular complexity index is 741. The van der Waals surface area contributed by atoms with Crippen LogP contribution in [-0.4, -0.2) is 28.9 Å². The maximum Gasteiger partial charge on any atom is 0.255 e. The molecule has 0 radical (unpaired) electrons. The van der Waals surface area contributed by atoms with Gasteiger partial charge in [0, 0.05) is 25.0 Å². The molecular formula is C21H27N3O. The van der Waals surface area contributed by atoms with E-state index in [9.17, 15) is 4.79 Å². The van der Waals surface area contributed by atoms with Gasteiger partial charge in [-0.3, -0.25) is 9.78 Å². The molecule has 1 saturated heterocycles. The summed E-state index contributed by atoms with van der Waals surface area (Å²) in [6.45, 7) is 8.24. The van der Waals surface area contributed by atoms with Crippen LogP contribution >= 0.6 is 0 Å². The summed E-state index contributed by atoms with van der Waals surface area (Å²) in [5.41, 5.74) is 3.82. The van der Waals surface area contributed by atoms with Crippen molar-refractivity contribution in [3.8, 4) is 0 Å². The number of carbonyl (C=O) groups is 1. The number of rotatable bonds is 4. The fourth-order valence-electron chi connectivity index (χ4n) is 3.45. The number of aromatic nitrogens is 1. The van der Waals surface area contributed by atoms with E-state index in [0.717, 1.165) is 30.9 Å². The Morgan fingerprint density at radius 2 is 2.08 bits per heavy atom. The number of amides is 1. The number of hydrogen-bond acceptors (Lipinski definition) is 3. The highest BCUT2D eigenvalue weighted by Crippen LogP contribution is 2.27. The van der Waals surface area contributed by atoms with Crippen molar-refractivity contribution in [1.82, 2.24) is 9.88 Å². The average molecular weight is 337 g/mol. The SMILES string of the molecule is CC1CCCN(C(=O)c2cncc(Nc3ccccc3C(C)C)c2)C1. The molecule has 4 heteroatoms. The number of likely N-dealkylation sites (tertiary alicyclic amines) is 1. The topological polar surface area (TPSA) is 45.2 Å². The molecule has 132 valence electrons. The molecule has 2 heterocycles. The Morgan fingerprint density at radius 1 is 1.28 bits per heavy atom. The summed E-state index contributed by atoms with van der Waals surface area (Å²) in [5, 5.41) is 3.43. The predicted octanol–water partition coefficient (Wildman–Crippen LogP) is 4.82. The maximum atomic E-state index is 12.8. The Morgan fingerprint density at radius 3 is 2.84 bits per heavy atom. The van der Waals surface area contributed by atoms with E-state index in [1.165, 1.54) is 12.0 Å². The van der Waals surface area contributed by atoms with Crippen LogP contribution in [0.25, 0.3) is 0 Å². The van der Waals surface area contributed by atoms with Gasteiger partial charge in [-0.15, -0.1) is 0 Å². The normalized spacial score (nSPS) is 17.6. The van der Waals surface area contributed by atoms with E-state index in [1.54, 1.807) is 12.4 Å². The van der Waals surface area contributed by atoms with Crippen LogP contribution in [0.4, 0.5) is 11.4 Å². The van der Waals surface area contributed by atoms with Gasteiger partial charge >= 0.3 is 0 Å². The van der Waals surface area contributed by atoms with Gasteiger partial charge in [-0.25, -0.2) is 0 Å². The lowest BCUT2D eigenvalue weighted by molar-refractivity contribution is 0.0682. The number of pyridine rings is 1. The second kappa shape index (κ2) is 7.68. The summed E-state index contributed by atoms with van der Waals surface area (Å²) in [7, 11) is 0. The first-order chi connectivity index (χ1) is 12.0.